The highest BCUT2D eigenvalue weighted by Crippen LogP contribution is 2.36. The lowest BCUT2D eigenvalue weighted by Crippen LogP contribution is -2.34. The van der Waals surface area contributed by atoms with Crippen LogP contribution in [-0.4, -0.2) is 36.2 Å². The summed E-state index contributed by atoms with van der Waals surface area (Å²) in [7, 11) is 0. The zero-order valence-electron chi connectivity index (χ0n) is 16.0. The van der Waals surface area contributed by atoms with Gasteiger partial charge in [-0.1, -0.05) is 45.2 Å². The maximum Gasteiger partial charge on any atom is 0.307 e. The maximum absolute atomic E-state index is 12.1. The number of para-hydroxylation sites is 1. The topological polar surface area (TPSA) is 84.5 Å². The third kappa shape index (κ3) is 6.90. The van der Waals surface area contributed by atoms with Gasteiger partial charge < -0.3 is 15.4 Å². The molecule has 6 nitrogen and oxygen atoms in total. The van der Waals surface area contributed by atoms with E-state index in [4.69, 9.17) is 4.74 Å². The minimum absolute atomic E-state index is 0.0633. The summed E-state index contributed by atoms with van der Waals surface area (Å²) in [5.41, 5.74) is 0.755. The van der Waals surface area contributed by atoms with E-state index < -0.39 is 11.2 Å². The molecule has 0 aromatic heterocycles. The van der Waals surface area contributed by atoms with Gasteiger partial charge in [-0.3, -0.25) is 14.4 Å². The molecule has 7 heteroatoms. The molecule has 2 atom stereocenters. The molecule has 1 aromatic rings. The average molecular weight is 393 g/mol. The fraction of sp³-hybridized carbons (Fsp3) is 0.550. The number of nitrogens with one attached hydrogen (secondary N) is 2. The molecule has 0 saturated carbocycles. The van der Waals surface area contributed by atoms with Gasteiger partial charge in [-0.05, 0) is 24.5 Å². The summed E-state index contributed by atoms with van der Waals surface area (Å²) in [5, 5.41) is 5.06. The van der Waals surface area contributed by atoms with Crippen molar-refractivity contribution in [2.75, 3.05) is 18.5 Å². The SMILES string of the molecule is CCCC[C@@H](CC)CNC(=O)COC(=O)C[C@H]1Sc2ccccc2NC1=O. The van der Waals surface area contributed by atoms with E-state index in [9.17, 15) is 14.4 Å². The van der Waals surface area contributed by atoms with Gasteiger partial charge in [0.2, 0.25) is 5.91 Å². The molecule has 0 saturated heterocycles. The van der Waals surface area contributed by atoms with Crippen LogP contribution in [0.5, 0.6) is 0 Å². The van der Waals surface area contributed by atoms with E-state index in [0.717, 1.165) is 36.3 Å². The van der Waals surface area contributed by atoms with E-state index in [2.05, 4.69) is 24.5 Å². The zero-order valence-corrected chi connectivity index (χ0v) is 16.8. The summed E-state index contributed by atoms with van der Waals surface area (Å²) in [4.78, 5) is 36.9. The number of hydrogen-bond acceptors (Lipinski definition) is 5. The van der Waals surface area contributed by atoms with Crippen molar-refractivity contribution in [3.05, 3.63) is 24.3 Å². The number of fused-ring (bicyclic) bond motifs is 1. The highest BCUT2D eigenvalue weighted by Gasteiger charge is 2.29. The van der Waals surface area contributed by atoms with Gasteiger partial charge in [0.25, 0.3) is 5.91 Å². The van der Waals surface area contributed by atoms with E-state index in [1.54, 1.807) is 0 Å². The van der Waals surface area contributed by atoms with Crippen LogP contribution in [0.1, 0.15) is 46.0 Å². The molecular weight excluding hydrogens is 364 g/mol. The normalized spacial score (nSPS) is 16.8. The second kappa shape index (κ2) is 11.0. The maximum atomic E-state index is 12.1. The molecule has 0 spiro atoms. The van der Waals surface area contributed by atoms with Crippen LogP contribution in [0, 0.1) is 5.92 Å². The van der Waals surface area contributed by atoms with Gasteiger partial charge in [0.05, 0.1) is 17.4 Å². The number of anilines is 1. The summed E-state index contributed by atoms with van der Waals surface area (Å²) in [5.74, 6) is -0.617. The largest absolute Gasteiger partial charge is 0.456 e. The Kier molecular flexibility index (Phi) is 8.64. The predicted molar refractivity (Wildman–Crippen MR) is 107 cm³/mol. The van der Waals surface area contributed by atoms with Gasteiger partial charge >= 0.3 is 5.97 Å². The van der Waals surface area contributed by atoms with Crippen molar-refractivity contribution in [2.24, 2.45) is 5.92 Å². The Morgan fingerprint density at radius 1 is 1.30 bits per heavy atom. The Morgan fingerprint density at radius 2 is 2.07 bits per heavy atom. The van der Waals surface area contributed by atoms with Crippen LogP contribution in [0.25, 0.3) is 0 Å². The van der Waals surface area contributed by atoms with Gasteiger partial charge in [0.15, 0.2) is 6.61 Å². The molecule has 0 fully saturated rings. The second-order valence-corrected chi connectivity index (χ2v) is 7.92. The van der Waals surface area contributed by atoms with Crippen molar-refractivity contribution >= 4 is 35.2 Å². The fourth-order valence-electron chi connectivity index (χ4n) is 2.84. The van der Waals surface area contributed by atoms with Gasteiger partial charge in [-0.15, -0.1) is 11.8 Å². The molecule has 148 valence electrons. The second-order valence-electron chi connectivity index (χ2n) is 6.68. The number of rotatable bonds is 10. The molecule has 0 bridgehead atoms. The molecule has 27 heavy (non-hydrogen) atoms. The predicted octanol–water partition coefficient (Wildman–Crippen LogP) is 3.37. The number of thioether (sulfide) groups is 1. The van der Waals surface area contributed by atoms with Crippen LogP contribution in [0.2, 0.25) is 0 Å². The molecular formula is C20H28N2O4S. The summed E-state index contributed by atoms with van der Waals surface area (Å²) in [6, 6.07) is 7.45. The van der Waals surface area contributed by atoms with Crippen molar-refractivity contribution in [3.8, 4) is 0 Å². The lowest BCUT2D eigenvalue weighted by atomic mass is 9.99. The quantitative estimate of drug-likeness (QED) is 0.597. The number of benzene rings is 1. The van der Waals surface area contributed by atoms with Gasteiger partial charge in [-0.25, -0.2) is 0 Å². The van der Waals surface area contributed by atoms with Crippen LogP contribution in [0.15, 0.2) is 29.2 Å². The molecule has 0 unspecified atom stereocenters. The van der Waals surface area contributed by atoms with Crippen molar-refractivity contribution in [1.29, 1.82) is 0 Å². The molecule has 2 rings (SSSR count). The van der Waals surface area contributed by atoms with Crippen molar-refractivity contribution < 1.29 is 19.1 Å². The number of hydrogen-bond donors (Lipinski definition) is 2. The fourth-order valence-corrected chi connectivity index (χ4v) is 3.93. The molecule has 0 aliphatic carbocycles. The summed E-state index contributed by atoms with van der Waals surface area (Å²) < 4.78 is 5.05. The molecule has 1 heterocycles. The summed E-state index contributed by atoms with van der Waals surface area (Å²) in [6.07, 6.45) is 4.32. The number of carbonyl (C=O) groups is 3. The van der Waals surface area contributed by atoms with Crippen LogP contribution < -0.4 is 10.6 Å². The van der Waals surface area contributed by atoms with E-state index in [1.807, 2.05) is 24.3 Å². The Morgan fingerprint density at radius 3 is 2.81 bits per heavy atom. The van der Waals surface area contributed by atoms with E-state index in [0.29, 0.717) is 12.5 Å². The van der Waals surface area contributed by atoms with Gasteiger partial charge in [-0.2, -0.15) is 0 Å². The third-order valence-electron chi connectivity index (χ3n) is 4.55. The first-order valence-corrected chi connectivity index (χ1v) is 10.4. The average Bonchev–Trinajstić information content (AvgIpc) is 2.67. The van der Waals surface area contributed by atoms with E-state index >= 15 is 0 Å². The first kappa shape index (κ1) is 21.3. The van der Waals surface area contributed by atoms with Crippen LogP contribution in [0.4, 0.5) is 5.69 Å². The van der Waals surface area contributed by atoms with Crippen LogP contribution in [-0.2, 0) is 19.1 Å². The highest BCUT2D eigenvalue weighted by atomic mass is 32.2. The number of esters is 1. The number of amides is 2. The number of ether oxygens (including phenoxy) is 1. The highest BCUT2D eigenvalue weighted by molar-refractivity contribution is 8.01. The molecule has 1 aliphatic heterocycles. The smallest absolute Gasteiger partial charge is 0.307 e. The first-order valence-electron chi connectivity index (χ1n) is 9.52. The number of unbranched alkanes of at least 4 members (excludes halogenated alkanes) is 1. The van der Waals surface area contributed by atoms with Crippen molar-refractivity contribution in [1.82, 2.24) is 5.32 Å². The van der Waals surface area contributed by atoms with Gasteiger partial charge in [0.1, 0.15) is 0 Å². The molecule has 2 N–H and O–H groups in total. The Labute approximate surface area is 164 Å². The van der Waals surface area contributed by atoms with Crippen molar-refractivity contribution in [3.63, 3.8) is 0 Å². The minimum Gasteiger partial charge on any atom is -0.456 e. The Balaban J connectivity index is 1.71. The van der Waals surface area contributed by atoms with E-state index in [-0.39, 0.29) is 24.8 Å². The van der Waals surface area contributed by atoms with Crippen LogP contribution in [0.3, 0.4) is 0 Å². The Bertz CT molecular complexity index is 665. The zero-order chi connectivity index (χ0) is 19.6. The van der Waals surface area contributed by atoms with Crippen molar-refractivity contribution in [2.45, 2.75) is 56.1 Å². The molecule has 1 aromatic carbocycles. The molecule has 2 amide bonds. The summed E-state index contributed by atoms with van der Waals surface area (Å²) in [6.45, 7) is 4.55. The number of carbonyl (C=O) groups excluding carboxylic acids is 3. The van der Waals surface area contributed by atoms with Crippen LogP contribution >= 0.6 is 11.8 Å². The standard InChI is InChI=1S/C20H28N2O4S/c1-3-5-8-14(4-2)12-21-18(23)13-26-19(24)11-17-20(25)22-15-9-6-7-10-16(15)27-17/h6-7,9-10,14,17H,3-5,8,11-13H2,1-2H3,(H,21,23)(H,22,25)/t14-,17-/m1/s1. The molecule has 0 radical (unpaired) electrons. The first-order chi connectivity index (χ1) is 13.0. The minimum atomic E-state index is -0.547. The van der Waals surface area contributed by atoms with Gasteiger partial charge in [0, 0.05) is 11.4 Å². The van der Waals surface area contributed by atoms with E-state index in [1.165, 1.54) is 11.8 Å². The molecule has 1 aliphatic rings. The Hall–Kier alpha value is -2.02. The lowest BCUT2D eigenvalue weighted by Gasteiger charge is -2.23. The monoisotopic (exact) mass is 392 g/mol. The third-order valence-corrected chi connectivity index (χ3v) is 5.83. The summed E-state index contributed by atoms with van der Waals surface area (Å²) >= 11 is 1.34. The lowest BCUT2D eigenvalue weighted by molar-refractivity contribution is -0.149.